The van der Waals surface area contributed by atoms with Crippen LogP contribution in [0.4, 0.5) is 0 Å². The molecule has 88 valence electrons. The lowest BCUT2D eigenvalue weighted by molar-refractivity contribution is 0.263. The normalized spacial score (nSPS) is 30.6. The quantitative estimate of drug-likeness (QED) is 0.744. The van der Waals surface area contributed by atoms with Gasteiger partial charge in [-0.1, -0.05) is 0 Å². The first-order valence-electron chi connectivity index (χ1n) is 6.49. The van der Waals surface area contributed by atoms with Gasteiger partial charge in [0.2, 0.25) is 0 Å². The van der Waals surface area contributed by atoms with Crippen LogP contribution in [0.2, 0.25) is 0 Å². The van der Waals surface area contributed by atoms with Gasteiger partial charge in [0.05, 0.1) is 0 Å². The van der Waals surface area contributed by atoms with Crippen LogP contribution in [0.5, 0.6) is 0 Å². The van der Waals surface area contributed by atoms with E-state index in [0.29, 0.717) is 0 Å². The third kappa shape index (κ3) is 3.74. The zero-order chi connectivity index (χ0) is 10.5. The summed E-state index contributed by atoms with van der Waals surface area (Å²) in [6.45, 7) is 7.63. The number of hydrogen-bond donors (Lipinski definition) is 1. The number of nitrogens with zero attached hydrogens (tertiary/aromatic N) is 2. The Kier molecular flexibility index (Phi) is 4.42. The molecular weight excluding hydrogens is 186 g/mol. The summed E-state index contributed by atoms with van der Waals surface area (Å²) in [5.74, 6) is 0. The molecular formula is C12H25N3. The lowest BCUT2D eigenvalue weighted by Gasteiger charge is -2.21. The first-order valence-corrected chi connectivity index (χ1v) is 6.49. The van der Waals surface area contributed by atoms with E-state index < -0.39 is 0 Å². The Balaban J connectivity index is 1.64. The highest BCUT2D eigenvalue weighted by molar-refractivity contribution is 4.76. The predicted octanol–water partition coefficient (Wildman–Crippen LogP) is 0.766. The number of hydrogen-bond acceptors (Lipinski definition) is 3. The molecule has 2 saturated heterocycles. The molecule has 1 N–H and O–H groups in total. The highest BCUT2D eigenvalue weighted by atomic mass is 15.2. The lowest BCUT2D eigenvalue weighted by Crippen LogP contribution is -2.33. The first kappa shape index (κ1) is 11.4. The molecule has 2 fully saturated rings. The Hall–Kier alpha value is -0.120. The summed E-state index contributed by atoms with van der Waals surface area (Å²) in [6.07, 6.45) is 5.47. The van der Waals surface area contributed by atoms with E-state index in [-0.39, 0.29) is 0 Å². The fourth-order valence-electron chi connectivity index (χ4n) is 2.67. The summed E-state index contributed by atoms with van der Waals surface area (Å²) in [4.78, 5) is 5.09. The van der Waals surface area contributed by atoms with Crippen molar-refractivity contribution in [3.63, 3.8) is 0 Å². The summed E-state index contributed by atoms with van der Waals surface area (Å²) in [6, 6.07) is 0.811. The van der Waals surface area contributed by atoms with Gasteiger partial charge in [0.15, 0.2) is 0 Å². The summed E-state index contributed by atoms with van der Waals surface area (Å²) in [5, 5.41) is 3.58. The Bertz CT molecular complexity index is 178. The van der Waals surface area contributed by atoms with E-state index in [1.54, 1.807) is 0 Å². The highest BCUT2D eigenvalue weighted by Gasteiger charge is 2.16. The van der Waals surface area contributed by atoms with Crippen molar-refractivity contribution in [2.24, 2.45) is 0 Å². The van der Waals surface area contributed by atoms with Crippen molar-refractivity contribution in [3.8, 4) is 0 Å². The molecule has 0 radical (unpaired) electrons. The SMILES string of the molecule is CN1CCCN(CCC2CCCN2)CC1. The minimum Gasteiger partial charge on any atom is -0.314 e. The van der Waals surface area contributed by atoms with Gasteiger partial charge in [0, 0.05) is 19.1 Å². The topological polar surface area (TPSA) is 18.5 Å². The van der Waals surface area contributed by atoms with Crippen LogP contribution in [0.3, 0.4) is 0 Å². The Morgan fingerprint density at radius 2 is 2.07 bits per heavy atom. The third-order valence-corrected chi connectivity index (χ3v) is 3.77. The molecule has 2 aliphatic rings. The molecule has 3 heteroatoms. The van der Waals surface area contributed by atoms with E-state index >= 15 is 0 Å². The van der Waals surface area contributed by atoms with Crippen LogP contribution in [0.25, 0.3) is 0 Å². The molecule has 15 heavy (non-hydrogen) atoms. The lowest BCUT2D eigenvalue weighted by atomic mass is 10.1. The minimum atomic E-state index is 0.811. The van der Waals surface area contributed by atoms with E-state index in [0.717, 1.165) is 6.04 Å². The standard InChI is InChI=1S/C12H25N3/c1-14-7-3-8-15(11-10-14)9-5-12-4-2-6-13-12/h12-13H,2-11H2,1H3. The van der Waals surface area contributed by atoms with Crippen LogP contribution in [0.1, 0.15) is 25.7 Å². The maximum Gasteiger partial charge on any atom is 0.0109 e. The molecule has 1 atom stereocenters. The Morgan fingerprint density at radius 1 is 1.13 bits per heavy atom. The van der Waals surface area contributed by atoms with Crippen molar-refractivity contribution in [3.05, 3.63) is 0 Å². The fourth-order valence-corrected chi connectivity index (χ4v) is 2.67. The minimum absolute atomic E-state index is 0.811. The Labute approximate surface area is 93.8 Å². The summed E-state index contributed by atoms with van der Waals surface area (Å²) >= 11 is 0. The van der Waals surface area contributed by atoms with Crippen LogP contribution in [-0.4, -0.2) is 62.2 Å². The molecule has 2 heterocycles. The van der Waals surface area contributed by atoms with Crippen LogP contribution in [0.15, 0.2) is 0 Å². The van der Waals surface area contributed by atoms with Crippen molar-refractivity contribution in [1.82, 2.24) is 15.1 Å². The van der Waals surface area contributed by atoms with Gasteiger partial charge < -0.3 is 15.1 Å². The van der Waals surface area contributed by atoms with Gasteiger partial charge in [-0.05, 0) is 58.9 Å². The average Bonchev–Trinajstić information content (AvgIpc) is 2.66. The second-order valence-corrected chi connectivity index (χ2v) is 5.08. The molecule has 0 bridgehead atoms. The van der Waals surface area contributed by atoms with Gasteiger partial charge in [-0.15, -0.1) is 0 Å². The molecule has 0 aliphatic carbocycles. The molecule has 0 amide bonds. The maximum absolute atomic E-state index is 3.58. The molecule has 0 aromatic heterocycles. The van der Waals surface area contributed by atoms with Crippen molar-refractivity contribution >= 4 is 0 Å². The second-order valence-electron chi connectivity index (χ2n) is 5.08. The second kappa shape index (κ2) is 5.83. The molecule has 2 rings (SSSR count). The van der Waals surface area contributed by atoms with Crippen molar-refractivity contribution < 1.29 is 0 Å². The smallest absolute Gasteiger partial charge is 0.0109 e. The van der Waals surface area contributed by atoms with Crippen LogP contribution in [0, 0.1) is 0 Å². The molecule has 0 spiro atoms. The molecule has 0 aromatic carbocycles. The van der Waals surface area contributed by atoms with Crippen molar-refractivity contribution in [2.45, 2.75) is 31.7 Å². The number of rotatable bonds is 3. The number of nitrogens with one attached hydrogen (secondary N) is 1. The molecule has 3 nitrogen and oxygen atoms in total. The summed E-state index contributed by atoms with van der Waals surface area (Å²) in [5.41, 5.74) is 0. The predicted molar refractivity (Wildman–Crippen MR) is 64.2 cm³/mol. The van der Waals surface area contributed by atoms with Crippen molar-refractivity contribution in [1.29, 1.82) is 0 Å². The van der Waals surface area contributed by atoms with E-state index in [1.165, 1.54) is 65.0 Å². The van der Waals surface area contributed by atoms with Gasteiger partial charge in [-0.2, -0.15) is 0 Å². The van der Waals surface area contributed by atoms with Gasteiger partial charge in [-0.3, -0.25) is 0 Å². The zero-order valence-electron chi connectivity index (χ0n) is 10.0. The number of likely N-dealkylation sites (N-methyl/N-ethyl adjacent to an activating group) is 1. The van der Waals surface area contributed by atoms with Gasteiger partial charge in [0.1, 0.15) is 0 Å². The van der Waals surface area contributed by atoms with E-state index in [9.17, 15) is 0 Å². The van der Waals surface area contributed by atoms with E-state index in [1.807, 2.05) is 0 Å². The van der Waals surface area contributed by atoms with E-state index in [2.05, 4.69) is 22.2 Å². The largest absolute Gasteiger partial charge is 0.314 e. The molecule has 0 saturated carbocycles. The van der Waals surface area contributed by atoms with Gasteiger partial charge in [-0.25, -0.2) is 0 Å². The third-order valence-electron chi connectivity index (χ3n) is 3.77. The molecule has 2 aliphatic heterocycles. The highest BCUT2D eigenvalue weighted by Crippen LogP contribution is 2.10. The van der Waals surface area contributed by atoms with E-state index in [4.69, 9.17) is 0 Å². The molecule has 0 aromatic rings. The van der Waals surface area contributed by atoms with Crippen LogP contribution < -0.4 is 5.32 Å². The first-order chi connectivity index (χ1) is 7.34. The molecule has 1 unspecified atom stereocenters. The summed E-state index contributed by atoms with van der Waals surface area (Å²) < 4.78 is 0. The van der Waals surface area contributed by atoms with Gasteiger partial charge in [0.25, 0.3) is 0 Å². The monoisotopic (exact) mass is 211 g/mol. The Morgan fingerprint density at radius 3 is 2.87 bits per heavy atom. The maximum atomic E-state index is 3.58. The van der Waals surface area contributed by atoms with Crippen molar-refractivity contribution in [2.75, 3.05) is 46.3 Å². The summed E-state index contributed by atoms with van der Waals surface area (Å²) in [7, 11) is 2.24. The fraction of sp³-hybridized carbons (Fsp3) is 1.00. The van der Waals surface area contributed by atoms with Crippen LogP contribution in [-0.2, 0) is 0 Å². The zero-order valence-corrected chi connectivity index (χ0v) is 10.0. The van der Waals surface area contributed by atoms with Gasteiger partial charge >= 0.3 is 0 Å². The average molecular weight is 211 g/mol. The van der Waals surface area contributed by atoms with Crippen LogP contribution >= 0.6 is 0 Å².